The fourth-order valence-corrected chi connectivity index (χ4v) is 3.59. The minimum Gasteiger partial charge on any atom is -0.324 e. The van der Waals surface area contributed by atoms with E-state index >= 15 is 0 Å². The number of hydrogen-bond acceptors (Lipinski definition) is 3. The summed E-state index contributed by atoms with van der Waals surface area (Å²) >= 11 is 5.31. The molecule has 1 heterocycles. The van der Waals surface area contributed by atoms with E-state index in [1.807, 2.05) is 0 Å². The van der Waals surface area contributed by atoms with Crippen molar-refractivity contribution in [1.29, 1.82) is 0 Å². The van der Waals surface area contributed by atoms with Gasteiger partial charge < -0.3 is 11.1 Å². The second-order valence-electron chi connectivity index (χ2n) is 4.36. The summed E-state index contributed by atoms with van der Waals surface area (Å²) in [6, 6.07) is 2.09. The number of nitrogens with two attached hydrogens (primary N) is 1. The Morgan fingerprint density at radius 3 is 2.80 bits per heavy atom. The zero-order valence-electron chi connectivity index (χ0n) is 8.76. The third-order valence-corrected chi connectivity index (χ3v) is 4.98. The molecule has 4 heteroatoms. The predicted molar refractivity (Wildman–Crippen MR) is 69.1 cm³/mol. The molecule has 0 radical (unpaired) electrons. The molecular weight excluding hydrogens is 272 g/mol. The van der Waals surface area contributed by atoms with Crippen LogP contribution in [-0.4, -0.2) is 12.1 Å². The molecule has 1 aromatic heterocycles. The monoisotopic (exact) mass is 288 g/mol. The molecular formula is C11H17BrN2S. The van der Waals surface area contributed by atoms with Crippen LogP contribution < -0.4 is 11.1 Å². The molecule has 1 fully saturated rings. The maximum Gasteiger partial charge on any atom is 0.0327 e. The fourth-order valence-electron chi connectivity index (χ4n) is 2.13. The van der Waals surface area contributed by atoms with Crippen LogP contribution >= 0.6 is 27.3 Å². The Hall–Kier alpha value is 0.100. The second-order valence-corrected chi connectivity index (χ2v) is 6.22. The maximum absolute atomic E-state index is 6.27. The number of nitrogens with one attached hydrogen (secondary N) is 1. The number of thiophene rings is 1. The van der Waals surface area contributed by atoms with E-state index in [0.717, 1.165) is 13.1 Å². The van der Waals surface area contributed by atoms with Crippen molar-refractivity contribution in [3.8, 4) is 0 Å². The van der Waals surface area contributed by atoms with Crippen LogP contribution in [0.1, 0.15) is 30.6 Å². The lowest BCUT2D eigenvalue weighted by atomic mass is 9.99. The van der Waals surface area contributed by atoms with Crippen molar-refractivity contribution in [1.82, 2.24) is 5.32 Å². The van der Waals surface area contributed by atoms with Gasteiger partial charge in [-0.3, -0.25) is 0 Å². The normalized spacial score (nSPS) is 19.6. The molecule has 1 aromatic rings. The fraction of sp³-hybridized carbons (Fsp3) is 0.636. The quantitative estimate of drug-likeness (QED) is 0.894. The average Bonchev–Trinajstić information content (AvgIpc) is 2.78. The average molecular weight is 289 g/mol. The molecule has 1 aliphatic rings. The molecule has 0 bridgehead atoms. The Morgan fingerprint density at radius 2 is 2.20 bits per heavy atom. The van der Waals surface area contributed by atoms with Crippen LogP contribution in [0.15, 0.2) is 15.9 Å². The standard InChI is InChI=1S/C11H17BrN2S/c12-9-3-6-15-10(9)7-14-8-11(13)4-1-2-5-11/h3,6,14H,1-2,4-5,7-8,13H2. The molecule has 2 nitrogen and oxygen atoms in total. The highest BCUT2D eigenvalue weighted by atomic mass is 79.9. The molecule has 15 heavy (non-hydrogen) atoms. The van der Waals surface area contributed by atoms with Crippen LogP contribution in [0.5, 0.6) is 0 Å². The lowest BCUT2D eigenvalue weighted by molar-refractivity contribution is 0.405. The molecule has 3 N–H and O–H groups in total. The van der Waals surface area contributed by atoms with Gasteiger partial charge in [-0.2, -0.15) is 0 Å². The van der Waals surface area contributed by atoms with E-state index in [1.54, 1.807) is 11.3 Å². The van der Waals surface area contributed by atoms with Crippen molar-refractivity contribution in [3.05, 3.63) is 20.8 Å². The SMILES string of the molecule is NC1(CNCc2sccc2Br)CCCC1. The Balaban J connectivity index is 1.77. The van der Waals surface area contributed by atoms with Crippen LogP contribution in [0.4, 0.5) is 0 Å². The lowest BCUT2D eigenvalue weighted by Gasteiger charge is -2.23. The first-order chi connectivity index (χ1) is 7.20. The van der Waals surface area contributed by atoms with Gasteiger partial charge in [0.2, 0.25) is 0 Å². The van der Waals surface area contributed by atoms with E-state index in [2.05, 4.69) is 32.7 Å². The largest absolute Gasteiger partial charge is 0.324 e. The third kappa shape index (κ3) is 3.03. The maximum atomic E-state index is 6.27. The van der Waals surface area contributed by atoms with Crippen molar-refractivity contribution in [2.45, 2.75) is 37.8 Å². The highest BCUT2D eigenvalue weighted by Gasteiger charge is 2.28. The Kier molecular flexibility index (Phi) is 3.83. The van der Waals surface area contributed by atoms with E-state index in [1.165, 1.54) is 35.0 Å². The smallest absolute Gasteiger partial charge is 0.0327 e. The molecule has 0 amide bonds. The molecule has 2 rings (SSSR count). The first kappa shape index (κ1) is 11.6. The number of rotatable bonds is 4. The van der Waals surface area contributed by atoms with Gasteiger partial charge in [0.25, 0.3) is 0 Å². The Labute approximate surface area is 103 Å². The van der Waals surface area contributed by atoms with Crippen molar-refractivity contribution < 1.29 is 0 Å². The van der Waals surface area contributed by atoms with Gasteiger partial charge in [-0.1, -0.05) is 12.8 Å². The van der Waals surface area contributed by atoms with Gasteiger partial charge in [0, 0.05) is 28.0 Å². The van der Waals surface area contributed by atoms with Crippen molar-refractivity contribution in [2.75, 3.05) is 6.54 Å². The van der Waals surface area contributed by atoms with Gasteiger partial charge in [0.05, 0.1) is 0 Å². The zero-order valence-corrected chi connectivity index (χ0v) is 11.2. The highest BCUT2D eigenvalue weighted by molar-refractivity contribution is 9.10. The van der Waals surface area contributed by atoms with Gasteiger partial charge in [-0.05, 0) is 40.2 Å². The van der Waals surface area contributed by atoms with Crippen molar-refractivity contribution in [2.24, 2.45) is 5.73 Å². The summed E-state index contributed by atoms with van der Waals surface area (Å²) in [5.74, 6) is 0. The summed E-state index contributed by atoms with van der Waals surface area (Å²) in [5, 5.41) is 5.57. The van der Waals surface area contributed by atoms with Gasteiger partial charge in [0.15, 0.2) is 0 Å². The Bertz CT molecular complexity index is 318. The first-order valence-electron chi connectivity index (χ1n) is 5.41. The summed E-state index contributed by atoms with van der Waals surface area (Å²) in [6.07, 6.45) is 4.93. The summed E-state index contributed by atoms with van der Waals surface area (Å²) in [7, 11) is 0. The molecule has 0 saturated heterocycles. The van der Waals surface area contributed by atoms with E-state index in [9.17, 15) is 0 Å². The summed E-state index contributed by atoms with van der Waals surface area (Å²) < 4.78 is 1.21. The van der Waals surface area contributed by atoms with Gasteiger partial charge >= 0.3 is 0 Å². The van der Waals surface area contributed by atoms with Crippen LogP contribution in [0, 0.1) is 0 Å². The molecule has 0 aliphatic heterocycles. The molecule has 0 aromatic carbocycles. The van der Waals surface area contributed by atoms with Crippen molar-refractivity contribution >= 4 is 27.3 Å². The molecule has 0 atom stereocenters. The minimum absolute atomic E-state index is 0.0593. The molecule has 1 aliphatic carbocycles. The molecule has 84 valence electrons. The van der Waals surface area contributed by atoms with Crippen LogP contribution in [-0.2, 0) is 6.54 Å². The highest BCUT2D eigenvalue weighted by Crippen LogP contribution is 2.27. The topological polar surface area (TPSA) is 38.0 Å². The van der Waals surface area contributed by atoms with Gasteiger partial charge in [0.1, 0.15) is 0 Å². The summed E-state index contributed by atoms with van der Waals surface area (Å²) in [5.41, 5.74) is 6.33. The predicted octanol–water partition coefficient (Wildman–Crippen LogP) is 2.87. The number of halogens is 1. The summed E-state index contributed by atoms with van der Waals surface area (Å²) in [6.45, 7) is 1.87. The van der Waals surface area contributed by atoms with E-state index in [0.29, 0.717) is 0 Å². The number of hydrogen-bond donors (Lipinski definition) is 2. The van der Waals surface area contributed by atoms with E-state index < -0.39 is 0 Å². The van der Waals surface area contributed by atoms with E-state index in [-0.39, 0.29) is 5.54 Å². The second kappa shape index (κ2) is 4.95. The molecule has 1 saturated carbocycles. The van der Waals surface area contributed by atoms with E-state index in [4.69, 9.17) is 5.73 Å². The van der Waals surface area contributed by atoms with Crippen LogP contribution in [0.3, 0.4) is 0 Å². The van der Waals surface area contributed by atoms with Crippen LogP contribution in [0.25, 0.3) is 0 Å². The lowest BCUT2D eigenvalue weighted by Crippen LogP contribution is -2.46. The third-order valence-electron chi connectivity index (χ3n) is 3.05. The van der Waals surface area contributed by atoms with Gasteiger partial charge in [-0.25, -0.2) is 0 Å². The minimum atomic E-state index is 0.0593. The molecule has 0 unspecified atom stereocenters. The van der Waals surface area contributed by atoms with Gasteiger partial charge in [-0.15, -0.1) is 11.3 Å². The zero-order chi connectivity index (χ0) is 10.7. The Morgan fingerprint density at radius 1 is 1.47 bits per heavy atom. The first-order valence-corrected chi connectivity index (χ1v) is 7.08. The molecule has 0 spiro atoms. The summed E-state index contributed by atoms with van der Waals surface area (Å²) in [4.78, 5) is 1.36. The van der Waals surface area contributed by atoms with Crippen molar-refractivity contribution in [3.63, 3.8) is 0 Å². The van der Waals surface area contributed by atoms with Crippen LogP contribution in [0.2, 0.25) is 0 Å².